The smallest absolute Gasteiger partial charge is 0.257 e. The molecule has 2 N–H and O–H groups in total. The van der Waals surface area contributed by atoms with Crippen LogP contribution < -0.4 is 5.56 Å². The van der Waals surface area contributed by atoms with Crippen LogP contribution in [0, 0.1) is 17.8 Å². The molecule has 0 unspecified atom stereocenters. The molecule has 4 saturated carbocycles. The zero-order valence-electron chi connectivity index (χ0n) is 12.0. The third-order valence-electron chi connectivity index (χ3n) is 5.89. The van der Waals surface area contributed by atoms with Gasteiger partial charge in [0.1, 0.15) is 5.82 Å². The predicted octanol–water partition coefficient (Wildman–Crippen LogP) is 2.51. The summed E-state index contributed by atoms with van der Waals surface area (Å²) in [6.07, 6.45) is 8.05. The lowest BCUT2D eigenvalue weighted by atomic mass is 9.49. The maximum absolute atomic E-state index is 12.1. The summed E-state index contributed by atoms with van der Waals surface area (Å²) in [4.78, 5) is 19.5. The van der Waals surface area contributed by atoms with Crippen LogP contribution in [0.2, 0.25) is 0 Å². The Labute approximate surface area is 118 Å². The molecular formula is C16H22N2O2. The molecule has 4 fully saturated rings. The molecule has 4 aliphatic carbocycles. The Balaban J connectivity index is 1.79. The number of aromatic hydroxyl groups is 1. The zero-order valence-corrected chi connectivity index (χ0v) is 12.0. The highest BCUT2D eigenvalue weighted by atomic mass is 16.3. The molecule has 0 atom stereocenters. The van der Waals surface area contributed by atoms with E-state index in [0.717, 1.165) is 42.8 Å². The number of rotatable bonds is 2. The number of nitrogens with zero attached hydrogens (tertiary/aromatic N) is 1. The van der Waals surface area contributed by atoms with Gasteiger partial charge in [-0.25, -0.2) is 0 Å². The number of aromatic nitrogens is 2. The van der Waals surface area contributed by atoms with Crippen molar-refractivity contribution in [3.8, 4) is 5.88 Å². The zero-order chi connectivity index (χ0) is 13.9. The van der Waals surface area contributed by atoms with Gasteiger partial charge in [-0.2, -0.15) is 4.98 Å². The van der Waals surface area contributed by atoms with Crippen LogP contribution in [-0.4, -0.2) is 15.1 Å². The highest BCUT2D eigenvalue weighted by Gasteiger charge is 2.53. The van der Waals surface area contributed by atoms with Crippen LogP contribution in [-0.2, 0) is 11.8 Å². The number of aromatic amines is 1. The van der Waals surface area contributed by atoms with Gasteiger partial charge in [0.05, 0.1) is 5.56 Å². The first-order valence-electron chi connectivity index (χ1n) is 7.92. The molecule has 0 amide bonds. The van der Waals surface area contributed by atoms with Gasteiger partial charge >= 0.3 is 0 Å². The van der Waals surface area contributed by atoms with Crippen molar-refractivity contribution in [2.45, 2.75) is 57.3 Å². The second kappa shape index (κ2) is 4.09. The molecule has 5 rings (SSSR count). The van der Waals surface area contributed by atoms with Crippen molar-refractivity contribution in [2.75, 3.05) is 0 Å². The lowest BCUT2D eigenvalue weighted by Gasteiger charge is -2.56. The summed E-state index contributed by atoms with van der Waals surface area (Å²) in [7, 11) is 0. The van der Waals surface area contributed by atoms with E-state index in [1.807, 2.05) is 6.92 Å². The third kappa shape index (κ3) is 1.66. The van der Waals surface area contributed by atoms with Crippen molar-refractivity contribution in [2.24, 2.45) is 17.8 Å². The van der Waals surface area contributed by atoms with Crippen LogP contribution in [0.3, 0.4) is 0 Å². The van der Waals surface area contributed by atoms with Crippen molar-refractivity contribution in [1.82, 2.24) is 9.97 Å². The van der Waals surface area contributed by atoms with E-state index in [4.69, 9.17) is 0 Å². The minimum atomic E-state index is -0.147. The van der Waals surface area contributed by atoms with Crippen molar-refractivity contribution in [3.63, 3.8) is 0 Å². The van der Waals surface area contributed by atoms with Gasteiger partial charge in [-0.3, -0.25) is 4.79 Å². The van der Waals surface area contributed by atoms with E-state index < -0.39 is 0 Å². The van der Waals surface area contributed by atoms with E-state index >= 15 is 0 Å². The summed E-state index contributed by atoms with van der Waals surface area (Å²) in [5.41, 5.74) is 0.307. The van der Waals surface area contributed by atoms with E-state index in [2.05, 4.69) is 9.97 Å². The van der Waals surface area contributed by atoms with E-state index in [1.54, 1.807) is 0 Å². The fourth-order valence-electron chi connectivity index (χ4n) is 5.46. The number of hydrogen-bond acceptors (Lipinski definition) is 3. The Morgan fingerprint density at radius 3 is 2.20 bits per heavy atom. The number of H-pyrrole nitrogens is 1. The number of nitrogens with one attached hydrogen (secondary N) is 1. The highest BCUT2D eigenvalue weighted by Crippen LogP contribution is 2.60. The molecule has 1 heterocycles. The number of hydrogen-bond donors (Lipinski definition) is 2. The van der Waals surface area contributed by atoms with Gasteiger partial charge in [-0.1, -0.05) is 6.92 Å². The average Bonchev–Trinajstić information content (AvgIpc) is 2.36. The fourth-order valence-corrected chi connectivity index (χ4v) is 5.46. The Hall–Kier alpha value is -1.32. The summed E-state index contributed by atoms with van der Waals surface area (Å²) in [6.45, 7) is 1.87. The predicted molar refractivity (Wildman–Crippen MR) is 75.8 cm³/mol. The van der Waals surface area contributed by atoms with Gasteiger partial charge in [0, 0.05) is 5.41 Å². The van der Waals surface area contributed by atoms with Crippen molar-refractivity contribution < 1.29 is 5.11 Å². The minimum absolute atomic E-state index is 0.0393. The highest BCUT2D eigenvalue weighted by molar-refractivity contribution is 5.26. The molecule has 20 heavy (non-hydrogen) atoms. The fraction of sp³-hybridized carbons (Fsp3) is 0.750. The van der Waals surface area contributed by atoms with Crippen LogP contribution in [0.5, 0.6) is 5.88 Å². The van der Waals surface area contributed by atoms with E-state index in [1.165, 1.54) is 19.3 Å². The minimum Gasteiger partial charge on any atom is -0.493 e. The lowest BCUT2D eigenvalue weighted by Crippen LogP contribution is -2.49. The molecule has 108 valence electrons. The Bertz CT molecular complexity index is 570. The maximum atomic E-state index is 12.1. The molecular weight excluding hydrogens is 252 g/mol. The van der Waals surface area contributed by atoms with Crippen molar-refractivity contribution >= 4 is 0 Å². The average molecular weight is 274 g/mol. The SMILES string of the molecule is CCc1c(O)nc(C23CC4CC(CC(C4)C2)C3)[nH]c1=O. The summed E-state index contributed by atoms with van der Waals surface area (Å²) >= 11 is 0. The van der Waals surface area contributed by atoms with Crippen molar-refractivity contribution in [1.29, 1.82) is 0 Å². The van der Waals surface area contributed by atoms with E-state index in [9.17, 15) is 9.90 Å². The molecule has 1 aromatic rings. The maximum Gasteiger partial charge on any atom is 0.257 e. The summed E-state index contributed by atoms with van der Waals surface area (Å²) in [5, 5.41) is 10.0. The van der Waals surface area contributed by atoms with Gasteiger partial charge in [0.25, 0.3) is 5.56 Å². The van der Waals surface area contributed by atoms with Gasteiger partial charge in [0.2, 0.25) is 5.88 Å². The Kier molecular flexibility index (Phi) is 2.54. The largest absolute Gasteiger partial charge is 0.493 e. The van der Waals surface area contributed by atoms with Gasteiger partial charge in [-0.15, -0.1) is 0 Å². The second-order valence-electron chi connectivity index (χ2n) is 7.27. The lowest BCUT2D eigenvalue weighted by molar-refractivity contribution is -0.00978. The molecule has 0 radical (unpaired) electrons. The second-order valence-corrected chi connectivity index (χ2v) is 7.27. The molecule has 0 saturated heterocycles. The van der Waals surface area contributed by atoms with Crippen LogP contribution in [0.15, 0.2) is 4.79 Å². The van der Waals surface area contributed by atoms with E-state index in [-0.39, 0.29) is 16.9 Å². The van der Waals surface area contributed by atoms with Crippen molar-refractivity contribution in [3.05, 3.63) is 21.7 Å². The topological polar surface area (TPSA) is 66.0 Å². The Morgan fingerprint density at radius 2 is 1.75 bits per heavy atom. The normalized spacial score (nSPS) is 38.4. The van der Waals surface area contributed by atoms with Gasteiger partial charge in [0.15, 0.2) is 0 Å². The first-order chi connectivity index (χ1) is 9.59. The molecule has 0 aromatic carbocycles. The quantitative estimate of drug-likeness (QED) is 0.870. The molecule has 0 aliphatic heterocycles. The standard InChI is InChI=1S/C16H22N2O2/c1-2-12-13(19)17-15(18-14(12)20)16-6-9-3-10(7-16)5-11(4-9)8-16/h9-11H,2-8H2,1H3,(H2,17,18,19,20). The van der Waals surface area contributed by atoms with Gasteiger partial charge in [-0.05, 0) is 62.7 Å². The van der Waals surface area contributed by atoms with Crippen LogP contribution in [0.4, 0.5) is 0 Å². The molecule has 4 heteroatoms. The van der Waals surface area contributed by atoms with Crippen LogP contribution in [0.25, 0.3) is 0 Å². The molecule has 1 aromatic heterocycles. The first kappa shape index (κ1) is 12.4. The van der Waals surface area contributed by atoms with E-state index in [0.29, 0.717) is 12.0 Å². The monoisotopic (exact) mass is 274 g/mol. The molecule has 4 nitrogen and oxygen atoms in total. The summed E-state index contributed by atoms with van der Waals surface area (Å²) < 4.78 is 0. The first-order valence-corrected chi connectivity index (χ1v) is 7.92. The molecule has 4 aliphatic rings. The third-order valence-corrected chi connectivity index (χ3v) is 5.89. The van der Waals surface area contributed by atoms with Crippen LogP contribution >= 0.6 is 0 Å². The van der Waals surface area contributed by atoms with Gasteiger partial charge < -0.3 is 10.1 Å². The molecule has 0 spiro atoms. The summed E-state index contributed by atoms with van der Waals surface area (Å²) in [5.74, 6) is 3.12. The Morgan fingerprint density at radius 1 is 1.20 bits per heavy atom. The molecule has 4 bridgehead atoms. The van der Waals surface area contributed by atoms with Crippen LogP contribution in [0.1, 0.15) is 56.8 Å². The summed E-state index contributed by atoms with van der Waals surface area (Å²) in [6, 6.07) is 0.